The van der Waals surface area contributed by atoms with Crippen LogP contribution in [0, 0.1) is 11.3 Å². The first-order chi connectivity index (χ1) is 6.38. The van der Waals surface area contributed by atoms with E-state index in [9.17, 15) is 0 Å². The van der Waals surface area contributed by atoms with Crippen molar-refractivity contribution in [1.82, 2.24) is 9.97 Å². The Hall–Kier alpha value is -1.89. The first kappa shape index (κ1) is 9.20. The predicted molar refractivity (Wildman–Crippen MR) is 50.1 cm³/mol. The molecule has 0 aliphatic heterocycles. The highest BCUT2D eigenvalue weighted by Crippen LogP contribution is 2.05. The van der Waals surface area contributed by atoms with Gasteiger partial charge in [0.1, 0.15) is 6.07 Å². The molecular weight excluding hydrogens is 164 g/mol. The number of hydrogen-bond donors (Lipinski definition) is 1. The Bertz CT molecular complexity index is 327. The second kappa shape index (κ2) is 4.88. The lowest BCUT2D eigenvalue weighted by molar-refractivity contribution is 1.03. The molecular formula is C9H10N4. The Morgan fingerprint density at radius 3 is 3.00 bits per heavy atom. The lowest BCUT2D eigenvalue weighted by atomic mass is 10.4. The molecule has 0 saturated carbocycles. The molecule has 1 rings (SSSR count). The van der Waals surface area contributed by atoms with E-state index in [1.54, 1.807) is 12.3 Å². The van der Waals surface area contributed by atoms with Crippen molar-refractivity contribution >= 4 is 5.82 Å². The molecule has 0 fully saturated rings. The smallest absolute Gasteiger partial charge is 0.182 e. The summed E-state index contributed by atoms with van der Waals surface area (Å²) in [5, 5.41) is 11.7. The van der Waals surface area contributed by atoms with Crippen LogP contribution in [0.1, 0.15) is 12.1 Å². The average molecular weight is 174 g/mol. The Labute approximate surface area is 76.9 Å². The van der Waals surface area contributed by atoms with Gasteiger partial charge in [-0.3, -0.25) is 0 Å². The molecule has 1 N–H and O–H groups in total. The molecule has 0 spiro atoms. The van der Waals surface area contributed by atoms with Gasteiger partial charge in [0.2, 0.25) is 0 Å². The SMILES string of the molecule is C=CCCNc1nccnc1C#N. The molecule has 0 atom stereocenters. The zero-order valence-electron chi connectivity index (χ0n) is 7.20. The van der Waals surface area contributed by atoms with Crippen LogP contribution in [-0.2, 0) is 0 Å². The molecule has 0 radical (unpaired) electrons. The first-order valence-electron chi connectivity index (χ1n) is 3.94. The molecule has 13 heavy (non-hydrogen) atoms. The van der Waals surface area contributed by atoms with Gasteiger partial charge in [-0.2, -0.15) is 5.26 Å². The molecule has 0 saturated heterocycles. The third-order valence-corrected chi connectivity index (χ3v) is 1.45. The number of hydrogen-bond acceptors (Lipinski definition) is 4. The fourth-order valence-electron chi connectivity index (χ4n) is 0.842. The number of nitriles is 1. The summed E-state index contributed by atoms with van der Waals surface area (Å²) in [5.74, 6) is 0.534. The van der Waals surface area contributed by atoms with Gasteiger partial charge >= 0.3 is 0 Å². The van der Waals surface area contributed by atoms with Gasteiger partial charge < -0.3 is 5.32 Å². The van der Waals surface area contributed by atoms with Crippen molar-refractivity contribution in [2.75, 3.05) is 11.9 Å². The maximum absolute atomic E-state index is 8.66. The molecule has 4 heteroatoms. The first-order valence-corrected chi connectivity index (χ1v) is 3.94. The molecule has 0 amide bonds. The summed E-state index contributed by atoms with van der Waals surface area (Å²) < 4.78 is 0. The average Bonchev–Trinajstić information content (AvgIpc) is 2.19. The van der Waals surface area contributed by atoms with Crippen LogP contribution in [0.25, 0.3) is 0 Å². The van der Waals surface area contributed by atoms with Crippen molar-refractivity contribution in [2.24, 2.45) is 0 Å². The van der Waals surface area contributed by atoms with E-state index in [0.29, 0.717) is 11.5 Å². The minimum Gasteiger partial charge on any atom is -0.367 e. The summed E-state index contributed by atoms with van der Waals surface area (Å²) in [6.45, 7) is 4.31. The van der Waals surface area contributed by atoms with Crippen LogP contribution in [0.3, 0.4) is 0 Å². The summed E-state index contributed by atoms with van der Waals surface area (Å²) in [6.07, 6.45) is 5.69. The highest BCUT2D eigenvalue weighted by Gasteiger charge is 2.00. The number of anilines is 1. The largest absolute Gasteiger partial charge is 0.367 e. The van der Waals surface area contributed by atoms with Crippen LogP contribution in [-0.4, -0.2) is 16.5 Å². The summed E-state index contributed by atoms with van der Waals surface area (Å²) >= 11 is 0. The topological polar surface area (TPSA) is 61.6 Å². The second-order valence-corrected chi connectivity index (χ2v) is 2.37. The van der Waals surface area contributed by atoms with Crippen molar-refractivity contribution in [2.45, 2.75) is 6.42 Å². The molecule has 0 bridgehead atoms. The van der Waals surface area contributed by atoms with Crippen molar-refractivity contribution in [3.63, 3.8) is 0 Å². The summed E-state index contributed by atoms with van der Waals surface area (Å²) in [7, 11) is 0. The van der Waals surface area contributed by atoms with E-state index < -0.39 is 0 Å². The maximum Gasteiger partial charge on any atom is 0.182 e. The van der Waals surface area contributed by atoms with Crippen LogP contribution in [0.4, 0.5) is 5.82 Å². The van der Waals surface area contributed by atoms with E-state index in [2.05, 4.69) is 21.9 Å². The molecule has 1 aromatic heterocycles. The molecule has 1 heterocycles. The standard InChI is InChI=1S/C9H10N4/c1-2-3-4-12-9-8(7-10)11-5-6-13-9/h2,5-6H,1,3-4H2,(H,12,13). The van der Waals surface area contributed by atoms with E-state index in [-0.39, 0.29) is 0 Å². The van der Waals surface area contributed by atoms with E-state index >= 15 is 0 Å². The molecule has 0 aromatic carbocycles. The second-order valence-electron chi connectivity index (χ2n) is 2.37. The number of rotatable bonds is 4. The molecule has 4 nitrogen and oxygen atoms in total. The number of nitrogens with zero attached hydrogens (tertiary/aromatic N) is 3. The fraction of sp³-hybridized carbons (Fsp3) is 0.222. The highest BCUT2D eigenvalue weighted by atomic mass is 15.0. The Kier molecular flexibility index (Phi) is 3.45. The van der Waals surface area contributed by atoms with Gasteiger partial charge in [0.05, 0.1) is 0 Å². The fourth-order valence-corrected chi connectivity index (χ4v) is 0.842. The quantitative estimate of drug-likeness (QED) is 0.552. The lowest BCUT2D eigenvalue weighted by Crippen LogP contribution is -2.05. The van der Waals surface area contributed by atoms with E-state index in [1.807, 2.05) is 6.07 Å². The van der Waals surface area contributed by atoms with Crippen LogP contribution >= 0.6 is 0 Å². The van der Waals surface area contributed by atoms with Crippen LogP contribution < -0.4 is 5.32 Å². The summed E-state index contributed by atoms with van der Waals surface area (Å²) in [6, 6.07) is 1.96. The number of aromatic nitrogens is 2. The van der Waals surface area contributed by atoms with Crippen molar-refractivity contribution in [3.8, 4) is 6.07 Å². The lowest BCUT2D eigenvalue weighted by Gasteiger charge is -2.03. The minimum absolute atomic E-state index is 0.326. The van der Waals surface area contributed by atoms with Crippen LogP contribution in [0.15, 0.2) is 25.0 Å². The van der Waals surface area contributed by atoms with Gasteiger partial charge in [-0.15, -0.1) is 6.58 Å². The molecule has 0 aliphatic rings. The monoisotopic (exact) mass is 174 g/mol. The number of nitrogens with one attached hydrogen (secondary N) is 1. The zero-order valence-corrected chi connectivity index (χ0v) is 7.20. The van der Waals surface area contributed by atoms with Gasteiger partial charge in [-0.1, -0.05) is 6.08 Å². The Morgan fingerprint density at radius 2 is 2.31 bits per heavy atom. The van der Waals surface area contributed by atoms with E-state index in [1.165, 1.54) is 6.20 Å². The molecule has 1 aromatic rings. The van der Waals surface area contributed by atoms with Crippen molar-refractivity contribution in [1.29, 1.82) is 5.26 Å². The van der Waals surface area contributed by atoms with E-state index in [4.69, 9.17) is 5.26 Å². The maximum atomic E-state index is 8.66. The van der Waals surface area contributed by atoms with Gasteiger partial charge in [0.15, 0.2) is 11.5 Å². The normalized spacial score (nSPS) is 8.85. The van der Waals surface area contributed by atoms with E-state index in [0.717, 1.165) is 13.0 Å². The minimum atomic E-state index is 0.326. The summed E-state index contributed by atoms with van der Waals surface area (Å²) in [5.41, 5.74) is 0.326. The summed E-state index contributed by atoms with van der Waals surface area (Å²) in [4.78, 5) is 7.85. The zero-order chi connectivity index (χ0) is 9.52. The predicted octanol–water partition coefficient (Wildman–Crippen LogP) is 1.34. The third-order valence-electron chi connectivity index (χ3n) is 1.45. The van der Waals surface area contributed by atoms with Crippen LogP contribution in [0.5, 0.6) is 0 Å². The van der Waals surface area contributed by atoms with Gasteiger partial charge in [-0.25, -0.2) is 9.97 Å². The van der Waals surface area contributed by atoms with Gasteiger partial charge in [0, 0.05) is 18.9 Å². The Balaban J connectivity index is 2.65. The van der Waals surface area contributed by atoms with Crippen molar-refractivity contribution < 1.29 is 0 Å². The Morgan fingerprint density at radius 1 is 1.54 bits per heavy atom. The van der Waals surface area contributed by atoms with Gasteiger partial charge in [-0.05, 0) is 6.42 Å². The molecule has 66 valence electrons. The highest BCUT2D eigenvalue weighted by molar-refractivity contribution is 5.46. The third kappa shape index (κ3) is 2.56. The van der Waals surface area contributed by atoms with Crippen molar-refractivity contribution in [3.05, 3.63) is 30.7 Å². The molecule has 0 unspecified atom stereocenters. The molecule has 0 aliphatic carbocycles. The van der Waals surface area contributed by atoms with Gasteiger partial charge in [0.25, 0.3) is 0 Å². The van der Waals surface area contributed by atoms with Crippen LogP contribution in [0.2, 0.25) is 0 Å².